The molecule has 0 bridgehead atoms. The number of likely N-dealkylation sites (tertiary alicyclic amines) is 1. The number of carbonyl (C=O) groups excluding carboxylic acids is 1. The van der Waals surface area contributed by atoms with Gasteiger partial charge in [-0.2, -0.15) is 0 Å². The van der Waals surface area contributed by atoms with Crippen molar-refractivity contribution in [1.29, 1.82) is 0 Å². The van der Waals surface area contributed by atoms with Crippen LogP contribution in [0.15, 0.2) is 12.7 Å². The molecule has 0 radical (unpaired) electrons. The zero-order chi connectivity index (χ0) is 12.8. The van der Waals surface area contributed by atoms with Gasteiger partial charge in [-0.15, -0.1) is 6.58 Å². The molecule has 0 aromatic heterocycles. The fourth-order valence-electron chi connectivity index (χ4n) is 2.17. The van der Waals surface area contributed by atoms with Gasteiger partial charge in [-0.05, 0) is 20.5 Å². The fourth-order valence-corrected chi connectivity index (χ4v) is 2.17. The maximum absolute atomic E-state index is 12.0. The van der Waals surface area contributed by atoms with Crippen LogP contribution in [0.4, 0.5) is 0 Å². The summed E-state index contributed by atoms with van der Waals surface area (Å²) in [7, 11) is 3.95. The van der Waals surface area contributed by atoms with Gasteiger partial charge in [0.1, 0.15) is 0 Å². The van der Waals surface area contributed by atoms with Crippen molar-refractivity contribution in [2.24, 2.45) is 0 Å². The smallest absolute Gasteiger partial charge is 0.236 e. The van der Waals surface area contributed by atoms with Crippen LogP contribution >= 0.6 is 0 Å². The second-order valence-electron chi connectivity index (χ2n) is 4.77. The van der Waals surface area contributed by atoms with Gasteiger partial charge >= 0.3 is 0 Å². The van der Waals surface area contributed by atoms with Gasteiger partial charge in [0.15, 0.2) is 0 Å². The van der Waals surface area contributed by atoms with Gasteiger partial charge in [-0.3, -0.25) is 4.79 Å². The highest BCUT2D eigenvalue weighted by Crippen LogP contribution is 2.18. The summed E-state index contributed by atoms with van der Waals surface area (Å²) < 4.78 is 0. The lowest BCUT2D eigenvalue weighted by Gasteiger charge is -2.26. The maximum Gasteiger partial charge on any atom is 0.236 e. The molecule has 2 atom stereocenters. The largest absolute Gasteiger partial charge is 0.391 e. The normalized spacial score (nSPS) is 24.4. The van der Waals surface area contributed by atoms with Crippen molar-refractivity contribution in [2.75, 3.05) is 40.3 Å². The van der Waals surface area contributed by atoms with Crippen molar-refractivity contribution in [3.63, 3.8) is 0 Å². The molecule has 5 nitrogen and oxygen atoms in total. The average molecular weight is 241 g/mol. The van der Waals surface area contributed by atoms with Gasteiger partial charge in [-0.25, -0.2) is 0 Å². The van der Waals surface area contributed by atoms with Crippen molar-refractivity contribution >= 4 is 5.91 Å². The molecule has 5 heteroatoms. The van der Waals surface area contributed by atoms with Crippen molar-refractivity contribution < 1.29 is 9.90 Å². The predicted octanol–water partition coefficient (Wildman–Crippen LogP) is -0.715. The van der Waals surface area contributed by atoms with E-state index in [1.54, 1.807) is 11.0 Å². The van der Waals surface area contributed by atoms with Crippen LogP contribution in [0.5, 0.6) is 0 Å². The first-order valence-electron chi connectivity index (χ1n) is 5.98. The molecule has 0 aromatic rings. The van der Waals surface area contributed by atoms with Crippen LogP contribution in [-0.2, 0) is 4.79 Å². The molecule has 98 valence electrons. The lowest BCUT2D eigenvalue weighted by atomic mass is 10.2. The molecule has 1 amide bonds. The van der Waals surface area contributed by atoms with Gasteiger partial charge in [0.05, 0.1) is 12.6 Å². The number of aliphatic hydroxyl groups excluding tert-OH is 1. The highest BCUT2D eigenvalue weighted by Gasteiger charge is 2.33. The fraction of sp³-hybridized carbons (Fsp3) is 0.750. The van der Waals surface area contributed by atoms with E-state index >= 15 is 0 Å². The second-order valence-corrected chi connectivity index (χ2v) is 4.77. The van der Waals surface area contributed by atoms with E-state index in [0.29, 0.717) is 26.1 Å². The number of amides is 1. The van der Waals surface area contributed by atoms with E-state index in [0.717, 1.165) is 6.54 Å². The van der Waals surface area contributed by atoms with Crippen molar-refractivity contribution in [1.82, 2.24) is 15.1 Å². The minimum atomic E-state index is -0.386. The molecule has 1 saturated heterocycles. The third kappa shape index (κ3) is 4.46. The van der Waals surface area contributed by atoms with Gasteiger partial charge in [-0.1, -0.05) is 6.08 Å². The number of rotatable bonds is 6. The summed E-state index contributed by atoms with van der Waals surface area (Å²) in [5.41, 5.74) is 0. The zero-order valence-corrected chi connectivity index (χ0v) is 10.7. The quantitative estimate of drug-likeness (QED) is 0.476. The van der Waals surface area contributed by atoms with Crippen LogP contribution < -0.4 is 5.32 Å². The Hall–Kier alpha value is -0.910. The minimum absolute atomic E-state index is 0.0512. The number of hydrogen-bond acceptors (Lipinski definition) is 4. The molecule has 17 heavy (non-hydrogen) atoms. The molecule has 0 spiro atoms. The standard InChI is InChI=1S/C12H23N3O2/c1-4-5-13-7-12(17)15-9-11(16)6-10(15)8-14(2)3/h4,10-11,13,16H,1,5-9H2,2-3H3. The Balaban J connectivity index is 2.47. The molecule has 0 aliphatic carbocycles. The second kappa shape index (κ2) is 6.74. The van der Waals surface area contributed by atoms with Crippen molar-refractivity contribution in [2.45, 2.75) is 18.6 Å². The van der Waals surface area contributed by atoms with Crippen LogP contribution in [-0.4, -0.2) is 73.2 Å². The lowest BCUT2D eigenvalue weighted by molar-refractivity contribution is -0.131. The summed E-state index contributed by atoms with van der Waals surface area (Å²) in [4.78, 5) is 15.8. The Kier molecular flexibility index (Phi) is 5.61. The monoisotopic (exact) mass is 241 g/mol. The van der Waals surface area contributed by atoms with Crippen molar-refractivity contribution in [3.05, 3.63) is 12.7 Å². The van der Waals surface area contributed by atoms with E-state index in [-0.39, 0.29) is 18.1 Å². The topological polar surface area (TPSA) is 55.8 Å². The molecule has 1 heterocycles. The third-order valence-corrected chi connectivity index (χ3v) is 2.85. The number of nitrogens with zero attached hydrogens (tertiary/aromatic N) is 2. The van der Waals surface area contributed by atoms with E-state index in [1.807, 2.05) is 19.0 Å². The molecule has 1 fully saturated rings. The highest BCUT2D eigenvalue weighted by molar-refractivity contribution is 5.79. The molecule has 1 rings (SSSR count). The lowest BCUT2D eigenvalue weighted by Crippen LogP contribution is -2.45. The van der Waals surface area contributed by atoms with E-state index in [9.17, 15) is 9.90 Å². The van der Waals surface area contributed by atoms with Crippen molar-refractivity contribution in [3.8, 4) is 0 Å². The first kappa shape index (κ1) is 14.2. The van der Waals surface area contributed by atoms with E-state index < -0.39 is 0 Å². The SMILES string of the molecule is C=CCNCC(=O)N1CC(O)CC1CN(C)C. The molecule has 0 saturated carbocycles. The number of hydrogen-bond donors (Lipinski definition) is 2. The highest BCUT2D eigenvalue weighted by atomic mass is 16.3. The molecule has 1 aliphatic heterocycles. The summed E-state index contributed by atoms with van der Waals surface area (Å²) in [5.74, 6) is 0.0512. The van der Waals surface area contributed by atoms with Crippen LogP contribution in [0, 0.1) is 0 Å². The Morgan fingerprint density at radius 1 is 1.65 bits per heavy atom. The predicted molar refractivity (Wildman–Crippen MR) is 67.7 cm³/mol. The number of carbonyl (C=O) groups is 1. The van der Waals surface area contributed by atoms with Crippen LogP contribution in [0.1, 0.15) is 6.42 Å². The summed E-state index contributed by atoms with van der Waals surface area (Å²) in [6, 6.07) is 0.123. The first-order valence-corrected chi connectivity index (χ1v) is 5.98. The molecule has 2 unspecified atom stereocenters. The van der Waals surface area contributed by atoms with Crippen LogP contribution in [0.25, 0.3) is 0 Å². The number of nitrogens with one attached hydrogen (secondary N) is 1. The van der Waals surface area contributed by atoms with Gasteiger partial charge in [0.2, 0.25) is 5.91 Å². The third-order valence-electron chi connectivity index (χ3n) is 2.85. The molecule has 0 aromatic carbocycles. The van der Waals surface area contributed by atoms with E-state index in [1.165, 1.54) is 0 Å². The Morgan fingerprint density at radius 2 is 2.35 bits per heavy atom. The van der Waals surface area contributed by atoms with Gasteiger partial charge in [0, 0.05) is 25.7 Å². The number of β-amino-alcohol motifs (C(OH)–C–C–N with tert-alkyl or cyclic N) is 1. The molecular weight excluding hydrogens is 218 g/mol. The first-order chi connectivity index (χ1) is 8.04. The molecule has 2 N–H and O–H groups in total. The zero-order valence-electron chi connectivity index (χ0n) is 10.7. The van der Waals surface area contributed by atoms with Gasteiger partial charge in [0.25, 0.3) is 0 Å². The van der Waals surface area contributed by atoms with Crippen LogP contribution in [0.3, 0.4) is 0 Å². The Morgan fingerprint density at radius 3 is 2.94 bits per heavy atom. The van der Waals surface area contributed by atoms with Gasteiger partial charge < -0.3 is 20.2 Å². The Bertz CT molecular complexity index is 268. The summed E-state index contributed by atoms with van der Waals surface area (Å²) in [6.45, 7) is 5.77. The number of likely N-dealkylation sites (N-methyl/N-ethyl adjacent to an activating group) is 1. The summed E-state index contributed by atoms with van der Waals surface area (Å²) in [5, 5.41) is 12.7. The maximum atomic E-state index is 12.0. The van der Waals surface area contributed by atoms with E-state index in [2.05, 4.69) is 11.9 Å². The summed E-state index contributed by atoms with van der Waals surface area (Å²) >= 11 is 0. The van der Waals surface area contributed by atoms with E-state index in [4.69, 9.17) is 0 Å². The molecule has 1 aliphatic rings. The average Bonchev–Trinajstić information content (AvgIpc) is 2.58. The minimum Gasteiger partial charge on any atom is -0.391 e. The summed E-state index contributed by atoms with van der Waals surface area (Å²) in [6.07, 6.45) is 2.01. The Labute approximate surface area is 103 Å². The van der Waals surface area contributed by atoms with Crippen LogP contribution in [0.2, 0.25) is 0 Å². The molecular formula is C12H23N3O2. The number of aliphatic hydroxyl groups is 1.